The van der Waals surface area contributed by atoms with Gasteiger partial charge in [0.2, 0.25) is 0 Å². The lowest BCUT2D eigenvalue weighted by Crippen LogP contribution is -2.22. The topological polar surface area (TPSA) is 25.8 Å². The molecule has 11 rings (SSSR count). The molecule has 0 spiro atoms. The lowest BCUT2D eigenvalue weighted by molar-refractivity contribution is 0.714. The van der Waals surface area contributed by atoms with Crippen molar-refractivity contribution in [3.8, 4) is 67.3 Å². The van der Waals surface area contributed by atoms with Gasteiger partial charge in [0.05, 0.1) is 11.4 Å². The molecule has 2 nitrogen and oxygen atoms in total. The second-order valence-corrected chi connectivity index (χ2v) is 16.2. The first-order valence-electron chi connectivity index (χ1n) is 19.5. The van der Waals surface area contributed by atoms with Crippen molar-refractivity contribution in [2.45, 2.75) is 12.3 Å². The molecule has 0 amide bonds. The van der Waals surface area contributed by atoms with Crippen LogP contribution in [0.5, 0.6) is 0 Å². The van der Waals surface area contributed by atoms with Gasteiger partial charge in [-0.2, -0.15) is 0 Å². The van der Waals surface area contributed by atoms with Gasteiger partial charge in [-0.3, -0.25) is 0 Å². The molecule has 0 fully saturated rings. The molecule has 3 heteroatoms. The second kappa shape index (κ2) is 13.4. The van der Waals surface area contributed by atoms with Gasteiger partial charge < -0.3 is 0 Å². The standard InChI is InChI=1S/C54H36N2S/c1-54(41-20-9-4-10-21-41)46-25-13-11-23-43(46)52-44(24-15-26-47(52)54)49-34-48(55-53(56-49)36-18-7-3-8-19-36)40-31-38(35-16-5-2-6-17-35)30-39(32-40)37-28-29-51-45(33-37)42-22-12-14-27-50(42)57-51/h2-34H,1H3. The van der Waals surface area contributed by atoms with Crippen LogP contribution < -0.4 is 0 Å². The van der Waals surface area contributed by atoms with Crippen molar-refractivity contribution in [2.75, 3.05) is 0 Å². The molecular weight excluding hydrogens is 709 g/mol. The van der Waals surface area contributed by atoms with Crippen LogP contribution in [0.25, 0.3) is 87.5 Å². The Balaban J connectivity index is 1.15. The Labute approximate surface area is 336 Å². The van der Waals surface area contributed by atoms with E-state index in [-0.39, 0.29) is 5.41 Å². The Hall–Kier alpha value is -6.94. The number of hydrogen-bond donors (Lipinski definition) is 0. The molecule has 1 aliphatic carbocycles. The van der Waals surface area contributed by atoms with Crippen LogP contribution in [0.15, 0.2) is 200 Å². The fourth-order valence-electron chi connectivity index (χ4n) is 8.93. The molecule has 0 N–H and O–H groups in total. The third kappa shape index (κ3) is 5.54. The molecule has 0 aliphatic heterocycles. The predicted octanol–water partition coefficient (Wildman–Crippen LogP) is 14.5. The molecule has 1 aliphatic rings. The van der Waals surface area contributed by atoms with Gasteiger partial charge in [0.1, 0.15) is 0 Å². The average Bonchev–Trinajstić information content (AvgIpc) is 3.80. The van der Waals surface area contributed by atoms with E-state index >= 15 is 0 Å². The molecule has 268 valence electrons. The number of rotatable bonds is 6. The Morgan fingerprint density at radius 3 is 1.79 bits per heavy atom. The molecule has 2 heterocycles. The van der Waals surface area contributed by atoms with Crippen LogP contribution in [0, 0.1) is 0 Å². The molecule has 57 heavy (non-hydrogen) atoms. The summed E-state index contributed by atoms with van der Waals surface area (Å²) in [5.74, 6) is 0.704. The zero-order valence-electron chi connectivity index (χ0n) is 31.4. The minimum atomic E-state index is -0.310. The highest BCUT2D eigenvalue weighted by atomic mass is 32.1. The quantitative estimate of drug-likeness (QED) is 0.169. The van der Waals surface area contributed by atoms with E-state index in [4.69, 9.17) is 9.97 Å². The Morgan fingerprint density at radius 1 is 0.386 bits per heavy atom. The first-order chi connectivity index (χ1) is 28.1. The summed E-state index contributed by atoms with van der Waals surface area (Å²) in [5, 5.41) is 2.59. The van der Waals surface area contributed by atoms with E-state index < -0.39 is 0 Å². The van der Waals surface area contributed by atoms with Gasteiger partial charge in [-0.25, -0.2) is 9.97 Å². The number of benzene rings is 8. The zero-order valence-corrected chi connectivity index (χ0v) is 32.2. The highest BCUT2D eigenvalue weighted by Gasteiger charge is 2.41. The van der Waals surface area contributed by atoms with Gasteiger partial charge >= 0.3 is 0 Å². The van der Waals surface area contributed by atoms with Crippen molar-refractivity contribution in [3.63, 3.8) is 0 Å². The van der Waals surface area contributed by atoms with E-state index in [0.29, 0.717) is 5.82 Å². The molecule has 10 aromatic rings. The molecule has 1 atom stereocenters. The molecular formula is C54H36N2S. The van der Waals surface area contributed by atoms with E-state index in [1.54, 1.807) is 0 Å². The SMILES string of the molecule is CC1(c2ccccc2)c2ccccc2-c2c(-c3cc(-c4cc(-c5ccccc5)cc(-c5ccc6sc7ccccc7c6c5)c4)nc(-c4ccccc4)n3)cccc21. The number of aromatic nitrogens is 2. The third-order valence-electron chi connectivity index (χ3n) is 11.8. The predicted molar refractivity (Wildman–Crippen MR) is 240 cm³/mol. The van der Waals surface area contributed by atoms with Crippen molar-refractivity contribution in [2.24, 2.45) is 0 Å². The minimum absolute atomic E-state index is 0.310. The van der Waals surface area contributed by atoms with Crippen LogP contribution in [0.3, 0.4) is 0 Å². The molecule has 0 radical (unpaired) electrons. The first kappa shape index (κ1) is 33.4. The fraction of sp³-hybridized carbons (Fsp3) is 0.0370. The summed E-state index contributed by atoms with van der Waals surface area (Å²) in [5.41, 5.74) is 15.6. The monoisotopic (exact) mass is 744 g/mol. The van der Waals surface area contributed by atoms with Gasteiger partial charge in [0, 0.05) is 42.3 Å². The van der Waals surface area contributed by atoms with E-state index in [9.17, 15) is 0 Å². The third-order valence-corrected chi connectivity index (χ3v) is 12.9. The van der Waals surface area contributed by atoms with E-state index in [0.717, 1.165) is 44.8 Å². The average molecular weight is 745 g/mol. The summed E-state index contributed by atoms with van der Waals surface area (Å²) in [6.07, 6.45) is 0. The summed E-state index contributed by atoms with van der Waals surface area (Å²) >= 11 is 1.85. The van der Waals surface area contributed by atoms with Crippen molar-refractivity contribution < 1.29 is 0 Å². The largest absolute Gasteiger partial charge is 0.228 e. The highest BCUT2D eigenvalue weighted by Crippen LogP contribution is 2.55. The zero-order chi connectivity index (χ0) is 37.9. The van der Waals surface area contributed by atoms with Gasteiger partial charge in [0.25, 0.3) is 0 Å². The van der Waals surface area contributed by atoms with E-state index in [1.165, 1.54) is 53.6 Å². The summed E-state index contributed by atoms with van der Waals surface area (Å²) in [6.45, 7) is 2.37. The fourth-order valence-corrected chi connectivity index (χ4v) is 10.0. The van der Waals surface area contributed by atoms with Crippen molar-refractivity contribution >= 4 is 31.5 Å². The molecule has 0 saturated heterocycles. The second-order valence-electron chi connectivity index (χ2n) is 15.1. The molecule has 2 aromatic heterocycles. The molecule has 0 saturated carbocycles. The molecule has 1 unspecified atom stereocenters. The number of thiophene rings is 1. The van der Waals surface area contributed by atoms with Gasteiger partial charge in [-0.15, -0.1) is 11.3 Å². The maximum Gasteiger partial charge on any atom is 0.160 e. The van der Waals surface area contributed by atoms with Crippen LogP contribution in [0.2, 0.25) is 0 Å². The number of nitrogens with zero attached hydrogens (tertiary/aromatic N) is 2. The van der Waals surface area contributed by atoms with Crippen LogP contribution >= 0.6 is 11.3 Å². The highest BCUT2D eigenvalue weighted by molar-refractivity contribution is 7.25. The minimum Gasteiger partial charge on any atom is -0.228 e. The Bertz CT molecular complexity index is 3130. The van der Waals surface area contributed by atoms with Crippen LogP contribution in [-0.4, -0.2) is 9.97 Å². The van der Waals surface area contributed by atoms with Crippen LogP contribution in [0.1, 0.15) is 23.6 Å². The van der Waals surface area contributed by atoms with Crippen LogP contribution in [0.4, 0.5) is 0 Å². The van der Waals surface area contributed by atoms with Gasteiger partial charge in [-0.05, 0) is 99.5 Å². The smallest absolute Gasteiger partial charge is 0.160 e. The lowest BCUT2D eigenvalue weighted by atomic mass is 9.74. The maximum atomic E-state index is 5.38. The summed E-state index contributed by atoms with van der Waals surface area (Å²) in [4.78, 5) is 10.7. The summed E-state index contributed by atoms with van der Waals surface area (Å²) < 4.78 is 2.61. The number of hydrogen-bond acceptors (Lipinski definition) is 3. The van der Waals surface area contributed by atoms with Crippen LogP contribution in [-0.2, 0) is 5.41 Å². The maximum absolute atomic E-state index is 5.38. The van der Waals surface area contributed by atoms with Crippen molar-refractivity contribution in [3.05, 3.63) is 217 Å². The van der Waals surface area contributed by atoms with E-state index in [1.807, 2.05) is 17.4 Å². The summed E-state index contributed by atoms with van der Waals surface area (Å²) in [7, 11) is 0. The van der Waals surface area contributed by atoms with Gasteiger partial charge in [0.15, 0.2) is 5.82 Å². The normalized spacial score (nSPS) is 14.5. The van der Waals surface area contributed by atoms with E-state index in [2.05, 4.69) is 201 Å². The summed E-state index contributed by atoms with van der Waals surface area (Å²) in [6, 6.07) is 72.3. The Morgan fingerprint density at radius 2 is 0.982 bits per heavy atom. The molecule has 0 bridgehead atoms. The first-order valence-corrected chi connectivity index (χ1v) is 20.3. The Kier molecular flexibility index (Phi) is 7.84. The van der Waals surface area contributed by atoms with Crippen molar-refractivity contribution in [1.29, 1.82) is 0 Å². The van der Waals surface area contributed by atoms with Gasteiger partial charge in [-0.1, -0.05) is 158 Å². The lowest BCUT2D eigenvalue weighted by Gasteiger charge is -2.28. The van der Waals surface area contributed by atoms with Crippen molar-refractivity contribution in [1.82, 2.24) is 9.97 Å². The number of fused-ring (bicyclic) bond motifs is 6. The molecule has 8 aromatic carbocycles.